The maximum absolute atomic E-state index is 13.4. The number of para-hydroxylation sites is 2. The summed E-state index contributed by atoms with van der Waals surface area (Å²) in [5.74, 6) is 0.740. The van der Waals surface area contributed by atoms with E-state index >= 15 is 0 Å². The second-order valence-corrected chi connectivity index (χ2v) is 9.18. The molecule has 0 aliphatic carbocycles. The molecule has 0 N–H and O–H groups in total. The first-order chi connectivity index (χ1) is 15.8. The van der Waals surface area contributed by atoms with Crippen LogP contribution in [-0.4, -0.2) is 9.55 Å². The summed E-state index contributed by atoms with van der Waals surface area (Å²) in [4.78, 5) is 4.84. The Morgan fingerprint density at radius 2 is 1.19 bits per heavy atom. The van der Waals surface area contributed by atoms with Crippen molar-refractivity contribution in [2.75, 3.05) is 0 Å². The number of halogens is 1. The van der Waals surface area contributed by atoms with Crippen LogP contribution in [0.3, 0.4) is 0 Å². The van der Waals surface area contributed by atoms with Crippen LogP contribution in [0.5, 0.6) is 0 Å². The molecule has 0 fully saturated rings. The van der Waals surface area contributed by atoms with Crippen molar-refractivity contribution in [1.82, 2.24) is 9.55 Å². The monoisotopic (exact) mass is 436 g/mol. The SMILES string of the molecule is CCCCCCCCCCCCCCCCn1c(-c2ccc(F)cc2)nc2ccccc21. The summed E-state index contributed by atoms with van der Waals surface area (Å²) in [6.07, 6.45) is 19.2. The van der Waals surface area contributed by atoms with Crippen molar-refractivity contribution in [2.45, 2.75) is 103 Å². The fourth-order valence-corrected chi connectivity index (χ4v) is 4.59. The van der Waals surface area contributed by atoms with Gasteiger partial charge >= 0.3 is 0 Å². The smallest absolute Gasteiger partial charge is 0.141 e. The molecule has 1 aromatic heterocycles. The zero-order valence-corrected chi connectivity index (χ0v) is 20.0. The summed E-state index contributed by atoms with van der Waals surface area (Å²) >= 11 is 0. The molecule has 2 nitrogen and oxygen atoms in total. The van der Waals surface area contributed by atoms with Crippen molar-refractivity contribution in [3.05, 3.63) is 54.3 Å². The highest BCUT2D eigenvalue weighted by Gasteiger charge is 2.12. The fourth-order valence-electron chi connectivity index (χ4n) is 4.59. The van der Waals surface area contributed by atoms with E-state index in [4.69, 9.17) is 4.98 Å². The molecule has 2 aromatic carbocycles. The van der Waals surface area contributed by atoms with Gasteiger partial charge in [-0.25, -0.2) is 9.37 Å². The van der Waals surface area contributed by atoms with Gasteiger partial charge in [-0.05, 0) is 42.8 Å². The molecule has 0 radical (unpaired) electrons. The molecule has 1 heterocycles. The lowest BCUT2D eigenvalue weighted by Gasteiger charge is -2.10. The van der Waals surface area contributed by atoms with Crippen LogP contribution in [0.4, 0.5) is 4.39 Å². The average molecular weight is 437 g/mol. The van der Waals surface area contributed by atoms with Crippen LogP contribution in [0.15, 0.2) is 48.5 Å². The Morgan fingerprint density at radius 3 is 1.78 bits per heavy atom. The van der Waals surface area contributed by atoms with Crippen molar-refractivity contribution >= 4 is 11.0 Å². The number of hydrogen-bond acceptors (Lipinski definition) is 1. The lowest BCUT2D eigenvalue weighted by Crippen LogP contribution is -2.01. The standard InChI is InChI=1S/C29H41FN2/c1-2-3-4-5-6-7-8-9-10-11-12-13-14-17-24-32-28-19-16-15-18-27(28)31-29(32)25-20-22-26(30)23-21-25/h15-16,18-23H,2-14,17,24H2,1H3. The predicted molar refractivity (Wildman–Crippen MR) is 135 cm³/mol. The molecule has 174 valence electrons. The van der Waals surface area contributed by atoms with E-state index in [0.29, 0.717) is 0 Å². The van der Waals surface area contributed by atoms with E-state index in [1.165, 1.54) is 101 Å². The highest BCUT2D eigenvalue weighted by Crippen LogP contribution is 2.26. The van der Waals surface area contributed by atoms with Gasteiger partial charge < -0.3 is 4.57 Å². The number of benzene rings is 2. The predicted octanol–water partition coefficient (Wildman–Crippen LogP) is 9.32. The molecule has 0 saturated carbocycles. The van der Waals surface area contributed by atoms with Crippen LogP contribution in [-0.2, 0) is 6.54 Å². The van der Waals surface area contributed by atoms with Gasteiger partial charge in [-0.3, -0.25) is 0 Å². The Labute approximate surface area is 194 Å². The second-order valence-electron chi connectivity index (χ2n) is 9.18. The summed E-state index contributed by atoms with van der Waals surface area (Å²) in [5, 5.41) is 0. The van der Waals surface area contributed by atoms with Crippen molar-refractivity contribution in [2.24, 2.45) is 0 Å². The van der Waals surface area contributed by atoms with Crippen LogP contribution >= 0.6 is 0 Å². The number of nitrogens with zero attached hydrogens (tertiary/aromatic N) is 2. The van der Waals surface area contributed by atoms with Crippen LogP contribution < -0.4 is 0 Å². The molecule has 3 heteroatoms. The van der Waals surface area contributed by atoms with Gasteiger partial charge in [0.1, 0.15) is 11.6 Å². The van der Waals surface area contributed by atoms with E-state index in [2.05, 4.69) is 29.7 Å². The van der Waals surface area contributed by atoms with E-state index in [0.717, 1.165) is 29.9 Å². The van der Waals surface area contributed by atoms with Crippen LogP contribution in [0.1, 0.15) is 96.8 Å². The first kappa shape index (κ1) is 24.5. The Kier molecular flexibility index (Phi) is 10.8. The normalized spacial score (nSPS) is 11.4. The van der Waals surface area contributed by atoms with Gasteiger partial charge in [0.15, 0.2) is 0 Å². The molecule has 0 spiro atoms. The average Bonchev–Trinajstić information content (AvgIpc) is 3.18. The molecule has 0 unspecified atom stereocenters. The lowest BCUT2D eigenvalue weighted by atomic mass is 10.0. The molecule has 3 rings (SSSR count). The van der Waals surface area contributed by atoms with Crippen LogP contribution in [0, 0.1) is 5.82 Å². The lowest BCUT2D eigenvalue weighted by molar-refractivity contribution is 0.526. The van der Waals surface area contributed by atoms with Gasteiger partial charge in [0.25, 0.3) is 0 Å². The Morgan fingerprint density at radius 1 is 0.656 bits per heavy atom. The molecule has 0 amide bonds. The van der Waals surface area contributed by atoms with Gasteiger partial charge in [0.2, 0.25) is 0 Å². The maximum atomic E-state index is 13.4. The van der Waals surface area contributed by atoms with Gasteiger partial charge in [-0.2, -0.15) is 0 Å². The number of aryl methyl sites for hydroxylation is 1. The Balaban J connectivity index is 1.35. The first-order valence-electron chi connectivity index (χ1n) is 13.0. The highest BCUT2D eigenvalue weighted by atomic mass is 19.1. The van der Waals surface area contributed by atoms with Crippen molar-refractivity contribution in [3.8, 4) is 11.4 Å². The minimum atomic E-state index is -0.205. The third kappa shape index (κ3) is 7.76. The van der Waals surface area contributed by atoms with Gasteiger partial charge in [-0.1, -0.05) is 103 Å². The van der Waals surface area contributed by atoms with Crippen molar-refractivity contribution in [1.29, 1.82) is 0 Å². The third-order valence-corrected chi connectivity index (χ3v) is 6.49. The molecular formula is C29H41FN2. The minimum absolute atomic E-state index is 0.205. The van der Waals surface area contributed by atoms with E-state index in [9.17, 15) is 4.39 Å². The third-order valence-electron chi connectivity index (χ3n) is 6.49. The summed E-state index contributed by atoms with van der Waals surface area (Å²) in [6.45, 7) is 3.25. The number of hydrogen-bond donors (Lipinski definition) is 0. The number of unbranched alkanes of at least 4 members (excludes halogenated alkanes) is 13. The second kappa shape index (κ2) is 14.1. The van der Waals surface area contributed by atoms with E-state index in [1.54, 1.807) is 0 Å². The fraction of sp³-hybridized carbons (Fsp3) is 0.552. The molecule has 0 saturated heterocycles. The number of aromatic nitrogens is 2. The summed E-state index contributed by atoms with van der Waals surface area (Å²) in [6, 6.07) is 15.0. The number of fused-ring (bicyclic) bond motifs is 1. The quantitative estimate of drug-likeness (QED) is 0.204. The van der Waals surface area contributed by atoms with Gasteiger partial charge in [0, 0.05) is 12.1 Å². The summed E-state index contributed by atoms with van der Waals surface area (Å²) in [5.41, 5.74) is 3.16. The molecule has 32 heavy (non-hydrogen) atoms. The Bertz CT molecular complexity index is 897. The van der Waals surface area contributed by atoms with Crippen molar-refractivity contribution in [3.63, 3.8) is 0 Å². The molecule has 0 aliphatic heterocycles. The number of rotatable bonds is 16. The summed E-state index contributed by atoms with van der Waals surface area (Å²) in [7, 11) is 0. The largest absolute Gasteiger partial charge is 0.324 e. The number of imidazole rings is 1. The molecule has 0 aliphatic rings. The van der Waals surface area contributed by atoms with Gasteiger partial charge in [0.05, 0.1) is 11.0 Å². The Hall–Kier alpha value is -2.16. The first-order valence-corrected chi connectivity index (χ1v) is 13.0. The van der Waals surface area contributed by atoms with E-state index in [1.807, 2.05) is 18.2 Å². The van der Waals surface area contributed by atoms with E-state index < -0.39 is 0 Å². The van der Waals surface area contributed by atoms with Crippen LogP contribution in [0.25, 0.3) is 22.4 Å². The molecule has 0 bridgehead atoms. The molecule has 3 aromatic rings. The zero-order valence-electron chi connectivity index (χ0n) is 20.0. The highest BCUT2D eigenvalue weighted by molar-refractivity contribution is 5.80. The molecule has 0 atom stereocenters. The minimum Gasteiger partial charge on any atom is -0.324 e. The molecular weight excluding hydrogens is 395 g/mol. The maximum Gasteiger partial charge on any atom is 0.141 e. The van der Waals surface area contributed by atoms with Crippen LogP contribution in [0.2, 0.25) is 0 Å². The summed E-state index contributed by atoms with van der Waals surface area (Å²) < 4.78 is 15.7. The van der Waals surface area contributed by atoms with Gasteiger partial charge in [-0.15, -0.1) is 0 Å². The zero-order chi connectivity index (χ0) is 22.4. The topological polar surface area (TPSA) is 17.8 Å². The van der Waals surface area contributed by atoms with Crippen molar-refractivity contribution < 1.29 is 4.39 Å². The van der Waals surface area contributed by atoms with E-state index in [-0.39, 0.29) is 5.82 Å².